The van der Waals surface area contributed by atoms with Crippen molar-refractivity contribution in [2.45, 2.75) is 19.1 Å². The number of hydrogen-bond acceptors (Lipinski definition) is 8. The predicted molar refractivity (Wildman–Crippen MR) is 119 cm³/mol. The van der Waals surface area contributed by atoms with Crippen LogP contribution in [0.5, 0.6) is 0 Å². The molecule has 0 fully saturated rings. The highest BCUT2D eigenvalue weighted by Crippen LogP contribution is 2.36. The molecule has 0 aliphatic carbocycles. The molecule has 3 aromatic rings. The number of amides is 1. The molecule has 12 heteroatoms. The minimum absolute atomic E-state index is 0.0740. The number of rotatable bonds is 5. The van der Waals surface area contributed by atoms with E-state index < -0.39 is 23.2 Å². The van der Waals surface area contributed by atoms with Gasteiger partial charge < -0.3 is 15.5 Å². The van der Waals surface area contributed by atoms with Gasteiger partial charge >= 0.3 is 6.18 Å². The minimum Gasteiger partial charge on any atom is -0.365 e. The minimum atomic E-state index is -4.63. The Kier molecular flexibility index (Phi) is 6.46. The fourth-order valence-corrected chi connectivity index (χ4v) is 3.61. The lowest BCUT2D eigenvalue weighted by molar-refractivity contribution is -0.137. The molecule has 0 radical (unpaired) electrons. The third kappa shape index (κ3) is 5.12. The van der Waals surface area contributed by atoms with Crippen LogP contribution in [-0.2, 0) is 19.1 Å². The highest BCUT2D eigenvalue weighted by molar-refractivity contribution is 5.92. The van der Waals surface area contributed by atoms with Gasteiger partial charge in [0.25, 0.3) is 5.91 Å². The first-order valence-electron chi connectivity index (χ1n) is 10.3. The van der Waals surface area contributed by atoms with Crippen LogP contribution in [0.2, 0.25) is 0 Å². The van der Waals surface area contributed by atoms with E-state index in [-0.39, 0.29) is 18.8 Å². The van der Waals surface area contributed by atoms with Gasteiger partial charge in [0.1, 0.15) is 12.1 Å². The summed E-state index contributed by atoms with van der Waals surface area (Å²) in [6.45, 7) is 0.749. The second-order valence-corrected chi connectivity index (χ2v) is 7.47. The molecule has 4 rings (SSSR count). The molecule has 0 saturated heterocycles. The Morgan fingerprint density at radius 3 is 2.71 bits per heavy atom. The zero-order valence-electron chi connectivity index (χ0n) is 18.1. The van der Waals surface area contributed by atoms with Crippen LogP contribution in [0.4, 0.5) is 30.5 Å². The van der Waals surface area contributed by atoms with Crippen molar-refractivity contribution in [3.05, 3.63) is 64.7 Å². The van der Waals surface area contributed by atoms with Gasteiger partial charge in [-0.05, 0) is 36.8 Å². The maximum Gasteiger partial charge on any atom is 0.417 e. The lowest BCUT2D eigenvalue weighted by Gasteiger charge is -2.31. The Hall–Kier alpha value is -4.71. The van der Waals surface area contributed by atoms with E-state index in [0.29, 0.717) is 36.0 Å². The van der Waals surface area contributed by atoms with Gasteiger partial charge in [0.2, 0.25) is 0 Å². The number of carbonyl (C=O) groups is 1. The van der Waals surface area contributed by atoms with Crippen molar-refractivity contribution in [2.24, 2.45) is 0 Å². The largest absolute Gasteiger partial charge is 0.417 e. The van der Waals surface area contributed by atoms with E-state index in [1.54, 1.807) is 17.0 Å². The van der Waals surface area contributed by atoms with Gasteiger partial charge in [-0.25, -0.2) is 9.97 Å². The van der Waals surface area contributed by atoms with Crippen LogP contribution in [0.3, 0.4) is 0 Å². The van der Waals surface area contributed by atoms with Gasteiger partial charge in [-0.3, -0.25) is 4.79 Å². The number of hydrogen-bond donors (Lipinski definition) is 2. The van der Waals surface area contributed by atoms with E-state index in [4.69, 9.17) is 11.7 Å². The molecule has 2 aromatic heterocycles. The molecule has 1 amide bonds. The van der Waals surface area contributed by atoms with E-state index in [1.165, 1.54) is 24.5 Å². The molecule has 35 heavy (non-hydrogen) atoms. The topological polar surface area (TPSA) is 120 Å². The molecule has 0 unspecified atom stereocenters. The number of benzene rings is 1. The summed E-state index contributed by atoms with van der Waals surface area (Å²) in [5.74, 6) is 2.69. The first-order valence-corrected chi connectivity index (χ1v) is 10.3. The number of carbonyl (C=O) groups excluding carboxylic acids is 1. The summed E-state index contributed by atoms with van der Waals surface area (Å²) in [5.41, 5.74) is 0.499. The summed E-state index contributed by atoms with van der Waals surface area (Å²) < 4.78 is 40.1. The van der Waals surface area contributed by atoms with Crippen molar-refractivity contribution in [1.82, 2.24) is 25.5 Å². The smallest absolute Gasteiger partial charge is 0.365 e. The maximum absolute atomic E-state index is 13.4. The van der Waals surface area contributed by atoms with Crippen LogP contribution in [0, 0.1) is 23.7 Å². The van der Waals surface area contributed by atoms with Gasteiger partial charge in [-0.1, -0.05) is 5.92 Å². The molecule has 1 aliphatic heterocycles. The zero-order valence-corrected chi connectivity index (χ0v) is 18.1. The molecule has 0 saturated carbocycles. The zero-order chi connectivity index (χ0) is 25.0. The second kappa shape index (κ2) is 9.65. The third-order valence-electron chi connectivity index (χ3n) is 5.30. The standard InChI is InChI=1S/C23H17F3N8O/c1-2-8-28-22(35)18-5-6-20(33-32-18)31-21-16-7-9-34(12-19(16)29-13-30-21)15-4-3-14(11-27)17(10-15)23(24,25)26/h1,3-6,10,13H,7-9,12H2,(H,28,35)(H,29,30,31,33). The van der Waals surface area contributed by atoms with Crippen molar-refractivity contribution in [1.29, 1.82) is 5.26 Å². The fourth-order valence-electron chi connectivity index (χ4n) is 3.61. The molecular weight excluding hydrogens is 461 g/mol. The van der Waals surface area contributed by atoms with Gasteiger partial charge in [-0.15, -0.1) is 16.6 Å². The monoisotopic (exact) mass is 478 g/mol. The number of alkyl halides is 3. The van der Waals surface area contributed by atoms with Gasteiger partial charge in [0.05, 0.1) is 36.0 Å². The number of nitrogens with zero attached hydrogens (tertiary/aromatic N) is 6. The number of nitrogens with one attached hydrogen (secondary N) is 2. The summed E-state index contributed by atoms with van der Waals surface area (Å²) in [6, 6.07) is 8.30. The van der Waals surface area contributed by atoms with Crippen molar-refractivity contribution >= 4 is 23.2 Å². The van der Waals surface area contributed by atoms with Gasteiger partial charge in [-0.2, -0.15) is 18.4 Å². The van der Waals surface area contributed by atoms with E-state index in [0.717, 1.165) is 11.6 Å². The van der Waals surface area contributed by atoms with Crippen LogP contribution < -0.4 is 15.5 Å². The summed E-state index contributed by atoms with van der Waals surface area (Å²) in [6.07, 6.45) is 2.29. The molecule has 0 bridgehead atoms. The van der Waals surface area contributed by atoms with Crippen molar-refractivity contribution in [2.75, 3.05) is 23.3 Å². The third-order valence-corrected chi connectivity index (χ3v) is 5.30. The van der Waals surface area contributed by atoms with Gasteiger partial charge in [0, 0.05) is 17.8 Å². The SMILES string of the molecule is C#CCNC(=O)c1ccc(Nc2ncnc3c2CCN(c2ccc(C#N)c(C(F)(F)F)c2)C3)nn1. The first kappa shape index (κ1) is 23.4. The van der Waals surface area contributed by atoms with Crippen LogP contribution in [0.15, 0.2) is 36.7 Å². The Labute approximate surface area is 198 Å². The lowest BCUT2D eigenvalue weighted by Crippen LogP contribution is -2.32. The van der Waals surface area contributed by atoms with Crippen LogP contribution in [0.1, 0.15) is 32.9 Å². The quantitative estimate of drug-likeness (QED) is 0.538. The number of anilines is 3. The Morgan fingerprint density at radius 1 is 1.20 bits per heavy atom. The number of terminal acetylenes is 1. The molecular formula is C23H17F3N8O. The summed E-state index contributed by atoms with van der Waals surface area (Å²) in [4.78, 5) is 22.2. The maximum atomic E-state index is 13.4. The first-order chi connectivity index (χ1) is 16.8. The summed E-state index contributed by atoms with van der Waals surface area (Å²) in [7, 11) is 0. The average molecular weight is 478 g/mol. The van der Waals surface area contributed by atoms with Crippen LogP contribution >= 0.6 is 0 Å². The lowest BCUT2D eigenvalue weighted by atomic mass is 10.0. The normalized spacial score (nSPS) is 12.8. The highest BCUT2D eigenvalue weighted by atomic mass is 19.4. The summed E-state index contributed by atoms with van der Waals surface area (Å²) in [5, 5.41) is 22.4. The van der Waals surface area contributed by atoms with Crippen molar-refractivity contribution < 1.29 is 18.0 Å². The molecule has 9 nitrogen and oxygen atoms in total. The number of halogens is 3. The Morgan fingerprint density at radius 2 is 2.03 bits per heavy atom. The van der Waals surface area contributed by atoms with Gasteiger partial charge in [0.15, 0.2) is 11.5 Å². The molecule has 3 heterocycles. The molecule has 176 valence electrons. The molecule has 0 spiro atoms. The van der Waals surface area contributed by atoms with Crippen molar-refractivity contribution in [3.63, 3.8) is 0 Å². The number of nitriles is 1. The highest BCUT2D eigenvalue weighted by Gasteiger charge is 2.34. The number of fused-ring (bicyclic) bond motifs is 1. The van der Waals surface area contributed by atoms with E-state index in [2.05, 4.69) is 36.7 Å². The van der Waals surface area contributed by atoms with Crippen LogP contribution in [0.25, 0.3) is 0 Å². The molecule has 2 N–H and O–H groups in total. The fraction of sp³-hybridized carbons (Fsp3) is 0.217. The van der Waals surface area contributed by atoms with E-state index in [1.807, 2.05) is 0 Å². The summed E-state index contributed by atoms with van der Waals surface area (Å²) >= 11 is 0. The second-order valence-electron chi connectivity index (χ2n) is 7.47. The van der Waals surface area contributed by atoms with E-state index in [9.17, 15) is 18.0 Å². The predicted octanol–water partition coefficient (Wildman–Crippen LogP) is 2.83. The molecule has 1 aliphatic rings. The van der Waals surface area contributed by atoms with Crippen molar-refractivity contribution in [3.8, 4) is 18.4 Å². The Bertz CT molecular complexity index is 1340. The van der Waals surface area contributed by atoms with E-state index >= 15 is 0 Å². The Balaban J connectivity index is 1.52. The average Bonchev–Trinajstić information content (AvgIpc) is 2.86. The molecule has 1 aromatic carbocycles. The molecule has 0 atom stereocenters. The number of aromatic nitrogens is 4. The van der Waals surface area contributed by atoms with Crippen LogP contribution in [-0.4, -0.2) is 39.2 Å².